The molecule has 0 aliphatic carbocycles. The molecule has 0 aromatic carbocycles. The number of nitrogens with zero attached hydrogens (tertiary/aromatic N) is 4. The summed E-state index contributed by atoms with van der Waals surface area (Å²) in [6, 6.07) is 6.23. The van der Waals surface area contributed by atoms with Crippen LogP contribution < -0.4 is 4.74 Å². The van der Waals surface area contributed by atoms with Crippen LogP contribution >= 0.6 is 0 Å². The minimum atomic E-state index is 0.0376. The standard InChI is InChI=1S/C21H28N4O2/c1-16-4-3-5-19(23-16)13-25-14-21(15-25)10-18(7-9-27-21)6-8-26-20-12-22-11-17(2)24-20/h3-5,11-12,18H,6-10,13-15H2,1-2H3/t18-/m1/s1. The highest BCUT2D eigenvalue weighted by molar-refractivity contribution is 5.12. The fourth-order valence-corrected chi connectivity index (χ4v) is 4.23. The molecule has 2 aliphatic heterocycles. The topological polar surface area (TPSA) is 60.4 Å². The molecule has 27 heavy (non-hydrogen) atoms. The van der Waals surface area contributed by atoms with Gasteiger partial charge in [-0.1, -0.05) is 6.07 Å². The molecular weight excluding hydrogens is 340 g/mol. The van der Waals surface area contributed by atoms with Crippen molar-refractivity contribution < 1.29 is 9.47 Å². The smallest absolute Gasteiger partial charge is 0.232 e. The summed E-state index contributed by atoms with van der Waals surface area (Å²) in [7, 11) is 0. The minimum Gasteiger partial charge on any atom is -0.477 e. The molecule has 4 heterocycles. The lowest BCUT2D eigenvalue weighted by Crippen LogP contribution is -2.64. The van der Waals surface area contributed by atoms with Gasteiger partial charge >= 0.3 is 0 Å². The summed E-state index contributed by atoms with van der Waals surface area (Å²) < 4.78 is 12.0. The van der Waals surface area contributed by atoms with Gasteiger partial charge in [0.05, 0.1) is 29.8 Å². The molecule has 2 aromatic rings. The van der Waals surface area contributed by atoms with Gasteiger partial charge in [-0.2, -0.15) is 0 Å². The third-order valence-corrected chi connectivity index (χ3v) is 5.46. The Balaban J connectivity index is 1.23. The summed E-state index contributed by atoms with van der Waals surface area (Å²) >= 11 is 0. The van der Waals surface area contributed by atoms with Crippen LogP contribution in [-0.2, 0) is 11.3 Å². The van der Waals surface area contributed by atoms with Gasteiger partial charge in [-0.15, -0.1) is 0 Å². The van der Waals surface area contributed by atoms with Gasteiger partial charge in [0.25, 0.3) is 0 Å². The van der Waals surface area contributed by atoms with Crippen LogP contribution in [0, 0.1) is 19.8 Å². The van der Waals surface area contributed by atoms with E-state index in [2.05, 4.69) is 32.0 Å². The minimum absolute atomic E-state index is 0.0376. The highest BCUT2D eigenvalue weighted by Gasteiger charge is 2.47. The van der Waals surface area contributed by atoms with E-state index >= 15 is 0 Å². The SMILES string of the molecule is Cc1cccc(CN2CC3(C[C@H](CCOc4cncc(C)n4)CCO3)C2)n1. The Hall–Kier alpha value is -2.05. The zero-order chi connectivity index (χ0) is 18.7. The molecule has 0 saturated carbocycles. The van der Waals surface area contributed by atoms with Crippen LogP contribution in [0.3, 0.4) is 0 Å². The molecule has 0 N–H and O–H groups in total. The van der Waals surface area contributed by atoms with Crippen LogP contribution in [0.25, 0.3) is 0 Å². The first kappa shape index (κ1) is 18.3. The monoisotopic (exact) mass is 368 g/mol. The second kappa shape index (κ2) is 7.90. The maximum atomic E-state index is 6.18. The Morgan fingerprint density at radius 1 is 1.19 bits per heavy atom. The highest BCUT2D eigenvalue weighted by atomic mass is 16.5. The molecule has 0 amide bonds. The molecule has 4 rings (SSSR count). The molecule has 0 bridgehead atoms. The van der Waals surface area contributed by atoms with Gasteiger partial charge < -0.3 is 9.47 Å². The average molecular weight is 368 g/mol. The van der Waals surface area contributed by atoms with E-state index in [-0.39, 0.29) is 5.60 Å². The van der Waals surface area contributed by atoms with E-state index in [1.807, 2.05) is 19.9 Å². The van der Waals surface area contributed by atoms with Crippen molar-refractivity contribution in [3.05, 3.63) is 47.7 Å². The van der Waals surface area contributed by atoms with Crippen LogP contribution in [0.5, 0.6) is 5.88 Å². The van der Waals surface area contributed by atoms with E-state index in [0.29, 0.717) is 18.4 Å². The number of rotatable bonds is 6. The highest BCUT2D eigenvalue weighted by Crippen LogP contribution is 2.38. The first-order chi connectivity index (χ1) is 13.1. The van der Waals surface area contributed by atoms with E-state index in [1.54, 1.807) is 12.4 Å². The molecule has 0 unspecified atom stereocenters. The maximum absolute atomic E-state index is 6.18. The molecule has 0 radical (unpaired) electrons. The Bertz CT molecular complexity index is 776. The van der Waals surface area contributed by atoms with E-state index in [9.17, 15) is 0 Å². The number of pyridine rings is 1. The summed E-state index contributed by atoms with van der Waals surface area (Å²) in [5.74, 6) is 1.27. The van der Waals surface area contributed by atoms with Crippen LogP contribution in [0.1, 0.15) is 36.3 Å². The van der Waals surface area contributed by atoms with Gasteiger partial charge in [0, 0.05) is 38.1 Å². The van der Waals surface area contributed by atoms with Crippen molar-refractivity contribution in [3.63, 3.8) is 0 Å². The van der Waals surface area contributed by atoms with Gasteiger partial charge in [0.2, 0.25) is 5.88 Å². The molecule has 2 aliphatic rings. The van der Waals surface area contributed by atoms with Crippen molar-refractivity contribution in [1.29, 1.82) is 0 Å². The molecule has 2 saturated heterocycles. The van der Waals surface area contributed by atoms with Crippen LogP contribution in [0.15, 0.2) is 30.6 Å². The summed E-state index contributed by atoms with van der Waals surface area (Å²) in [6.45, 7) is 8.43. The van der Waals surface area contributed by atoms with Gasteiger partial charge in [0.1, 0.15) is 0 Å². The van der Waals surface area contributed by atoms with Gasteiger partial charge in [0.15, 0.2) is 0 Å². The number of likely N-dealkylation sites (tertiary alicyclic amines) is 1. The van der Waals surface area contributed by atoms with Crippen molar-refractivity contribution in [2.75, 3.05) is 26.3 Å². The predicted octanol–water partition coefficient (Wildman–Crippen LogP) is 2.94. The third-order valence-electron chi connectivity index (χ3n) is 5.46. The second-order valence-corrected chi connectivity index (χ2v) is 7.94. The summed E-state index contributed by atoms with van der Waals surface area (Å²) in [6.07, 6.45) is 6.70. The third kappa shape index (κ3) is 4.62. The van der Waals surface area contributed by atoms with Crippen molar-refractivity contribution in [3.8, 4) is 5.88 Å². The molecule has 6 nitrogen and oxygen atoms in total. The predicted molar refractivity (Wildman–Crippen MR) is 103 cm³/mol. The summed E-state index contributed by atoms with van der Waals surface area (Å²) in [5.41, 5.74) is 3.14. The Kier molecular flexibility index (Phi) is 5.36. The lowest BCUT2D eigenvalue weighted by Gasteiger charge is -2.53. The van der Waals surface area contributed by atoms with Crippen LogP contribution in [-0.4, -0.2) is 51.8 Å². The zero-order valence-corrected chi connectivity index (χ0v) is 16.2. The quantitative estimate of drug-likeness (QED) is 0.781. The largest absolute Gasteiger partial charge is 0.477 e. The van der Waals surface area contributed by atoms with Gasteiger partial charge in [-0.25, -0.2) is 4.98 Å². The van der Waals surface area contributed by atoms with Crippen molar-refractivity contribution in [2.24, 2.45) is 5.92 Å². The molecular formula is C21H28N4O2. The fourth-order valence-electron chi connectivity index (χ4n) is 4.23. The zero-order valence-electron chi connectivity index (χ0n) is 16.2. The fraction of sp³-hybridized carbons (Fsp3) is 0.571. The number of ether oxygens (including phenoxy) is 2. The number of hydrogen-bond acceptors (Lipinski definition) is 6. The lowest BCUT2D eigenvalue weighted by molar-refractivity contribution is -0.182. The first-order valence-electron chi connectivity index (χ1n) is 9.81. The normalized spacial score (nSPS) is 21.8. The molecule has 1 atom stereocenters. The molecule has 6 heteroatoms. The van der Waals surface area contributed by atoms with E-state index < -0.39 is 0 Å². The Morgan fingerprint density at radius 3 is 2.89 bits per heavy atom. The number of aryl methyl sites for hydroxylation is 2. The summed E-state index contributed by atoms with van der Waals surface area (Å²) in [4.78, 5) is 15.5. The molecule has 2 fully saturated rings. The first-order valence-corrected chi connectivity index (χ1v) is 9.81. The van der Waals surface area contributed by atoms with E-state index in [4.69, 9.17) is 9.47 Å². The average Bonchev–Trinajstić information content (AvgIpc) is 2.61. The number of hydrogen-bond donors (Lipinski definition) is 0. The Labute approximate surface area is 161 Å². The van der Waals surface area contributed by atoms with Crippen molar-refractivity contribution in [1.82, 2.24) is 19.9 Å². The van der Waals surface area contributed by atoms with Crippen molar-refractivity contribution >= 4 is 0 Å². The molecule has 1 spiro atoms. The Morgan fingerprint density at radius 2 is 2.07 bits per heavy atom. The lowest BCUT2D eigenvalue weighted by atomic mass is 9.79. The van der Waals surface area contributed by atoms with Crippen molar-refractivity contribution in [2.45, 2.75) is 45.3 Å². The second-order valence-electron chi connectivity index (χ2n) is 7.94. The van der Waals surface area contributed by atoms with Crippen LogP contribution in [0.2, 0.25) is 0 Å². The molecule has 2 aromatic heterocycles. The van der Waals surface area contributed by atoms with Gasteiger partial charge in [-0.3, -0.25) is 14.9 Å². The number of aromatic nitrogens is 3. The van der Waals surface area contributed by atoms with E-state index in [0.717, 1.165) is 62.6 Å². The van der Waals surface area contributed by atoms with Gasteiger partial charge in [-0.05, 0) is 51.2 Å². The maximum Gasteiger partial charge on any atom is 0.232 e. The molecule has 144 valence electrons. The van der Waals surface area contributed by atoms with Crippen LogP contribution in [0.4, 0.5) is 0 Å². The van der Waals surface area contributed by atoms with E-state index in [1.165, 1.54) is 0 Å². The summed E-state index contributed by atoms with van der Waals surface area (Å²) in [5, 5.41) is 0.